The highest BCUT2D eigenvalue weighted by atomic mass is 32.2. The first-order chi connectivity index (χ1) is 9.61. The first-order valence-electron chi connectivity index (χ1n) is 6.27. The Kier molecular flexibility index (Phi) is 3.28. The number of hydrogen-bond acceptors (Lipinski definition) is 5. The van der Waals surface area contributed by atoms with Crippen LogP contribution in [0.2, 0.25) is 0 Å². The van der Waals surface area contributed by atoms with Gasteiger partial charge in [0.05, 0.1) is 5.52 Å². The van der Waals surface area contributed by atoms with Gasteiger partial charge in [0.15, 0.2) is 0 Å². The Balaban J connectivity index is 2.10. The summed E-state index contributed by atoms with van der Waals surface area (Å²) in [6.45, 7) is 4.05. The number of rotatable bonds is 2. The summed E-state index contributed by atoms with van der Waals surface area (Å²) < 4.78 is 0. The molecule has 2 heterocycles. The number of aromatic nitrogens is 3. The van der Waals surface area contributed by atoms with Gasteiger partial charge in [-0.3, -0.25) is 0 Å². The van der Waals surface area contributed by atoms with Crippen molar-refractivity contribution in [3.05, 3.63) is 47.7 Å². The van der Waals surface area contributed by atoms with E-state index in [0.29, 0.717) is 0 Å². The zero-order valence-electron chi connectivity index (χ0n) is 11.3. The van der Waals surface area contributed by atoms with E-state index in [4.69, 9.17) is 5.73 Å². The minimum Gasteiger partial charge on any atom is -0.368 e. The van der Waals surface area contributed by atoms with Crippen molar-refractivity contribution in [1.29, 1.82) is 0 Å². The maximum absolute atomic E-state index is 5.78. The lowest BCUT2D eigenvalue weighted by Gasteiger charge is -2.07. The van der Waals surface area contributed by atoms with Gasteiger partial charge < -0.3 is 5.73 Å². The molecule has 100 valence electrons. The Morgan fingerprint density at radius 1 is 1.00 bits per heavy atom. The van der Waals surface area contributed by atoms with Crippen LogP contribution in [0.4, 0.5) is 5.95 Å². The summed E-state index contributed by atoms with van der Waals surface area (Å²) in [6.07, 6.45) is 0. The van der Waals surface area contributed by atoms with Gasteiger partial charge >= 0.3 is 0 Å². The maximum Gasteiger partial charge on any atom is 0.221 e. The number of nitrogens with two attached hydrogens (primary N) is 1. The van der Waals surface area contributed by atoms with E-state index in [0.717, 1.165) is 26.6 Å². The lowest BCUT2D eigenvalue weighted by atomic mass is 10.2. The van der Waals surface area contributed by atoms with Crippen molar-refractivity contribution in [3.63, 3.8) is 0 Å². The molecule has 3 aromatic rings. The Bertz CT molecular complexity index is 766. The number of para-hydroxylation sites is 1. The molecule has 20 heavy (non-hydrogen) atoms. The summed E-state index contributed by atoms with van der Waals surface area (Å²) in [7, 11) is 0. The van der Waals surface area contributed by atoms with E-state index in [1.807, 2.05) is 37.3 Å². The second kappa shape index (κ2) is 5.09. The van der Waals surface area contributed by atoms with E-state index in [9.17, 15) is 0 Å². The number of nitrogen functional groups attached to an aromatic ring is 1. The van der Waals surface area contributed by atoms with E-state index < -0.39 is 0 Å². The third kappa shape index (κ3) is 2.58. The number of anilines is 1. The zero-order valence-corrected chi connectivity index (χ0v) is 12.1. The van der Waals surface area contributed by atoms with Gasteiger partial charge in [-0.15, -0.1) is 0 Å². The maximum atomic E-state index is 5.78. The van der Waals surface area contributed by atoms with Gasteiger partial charge in [-0.1, -0.05) is 18.2 Å². The predicted molar refractivity (Wildman–Crippen MR) is 81.8 cm³/mol. The van der Waals surface area contributed by atoms with Crippen LogP contribution in [-0.2, 0) is 0 Å². The normalized spacial score (nSPS) is 10.9. The largest absolute Gasteiger partial charge is 0.368 e. The van der Waals surface area contributed by atoms with Crippen LogP contribution in [-0.4, -0.2) is 15.0 Å². The van der Waals surface area contributed by atoms with Crippen molar-refractivity contribution in [2.45, 2.75) is 23.9 Å². The molecule has 0 saturated heterocycles. The molecule has 0 amide bonds. The van der Waals surface area contributed by atoms with Gasteiger partial charge in [0.2, 0.25) is 5.95 Å². The summed E-state index contributed by atoms with van der Waals surface area (Å²) in [4.78, 5) is 13.1. The topological polar surface area (TPSA) is 64.7 Å². The summed E-state index contributed by atoms with van der Waals surface area (Å²) in [5.41, 5.74) is 8.82. The Hall–Kier alpha value is -2.14. The molecule has 0 aliphatic rings. The smallest absolute Gasteiger partial charge is 0.221 e. The van der Waals surface area contributed by atoms with Gasteiger partial charge in [-0.2, -0.15) is 0 Å². The third-order valence-corrected chi connectivity index (χ3v) is 3.78. The average molecular weight is 282 g/mol. The van der Waals surface area contributed by atoms with E-state index in [2.05, 4.69) is 27.9 Å². The first kappa shape index (κ1) is 12.9. The molecular formula is C15H14N4S. The predicted octanol–water partition coefficient (Wildman–Crippen LogP) is 3.38. The van der Waals surface area contributed by atoms with Gasteiger partial charge in [0.1, 0.15) is 10.1 Å². The molecule has 2 N–H and O–H groups in total. The van der Waals surface area contributed by atoms with Crippen LogP contribution in [0.1, 0.15) is 11.3 Å². The number of aryl methyl sites for hydroxylation is 2. The van der Waals surface area contributed by atoms with Crippen LogP contribution >= 0.6 is 11.8 Å². The van der Waals surface area contributed by atoms with Gasteiger partial charge in [-0.25, -0.2) is 15.0 Å². The first-order valence-corrected chi connectivity index (χ1v) is 7.09. The molecule has 2 aromatic heterocycles. The molecule has 1 aromatic carbocycles. The van der Waals surface area contributed by atoms with Crippen LogP contribution in [0, 0.1) is 13.8 Å². The number of fused-ring (bicyclic) bond motifs is 1. The molecule has 0 spiro atoms. The molecule has 0 aliphatic heterocycles. The van der Waals surface area contributed by atoms with E-state index >= 15 is 0 Å². The lowest BCUT2D eigenvalue weighted by Crippen LogP contribution is -1.97. The lowest BCUT2D eigenvalue weighted by molar-refractivity contribution is 1.04. The van der Waals surface area contributed by atoms with Crippen molar-refractivity contribution in [1.82, 2.24) is 15.0 Å². The fourth-order valence-corrected chi connectivity index (χ4v) is 3.15. The molecule has 0 unspecified atom stereocenters. The highest BCUT2D eigenvalue weighted by molar-refractivity contribution is 7.99. The quantitative estimate of drug-likeness (QED) is 0.730. The summed E-state index contributed by atoms with van der Waals surface area (Å²) in [5, 5.41) is 2.75. The highest BCUT2D eigenvalue weighted by Crippen LogP contribution is 2.31. The Labute approximate surface area is 121 Å². The molecule has 0 radical (unpaired) electrons. The van der Waals surface area contributed by atoms with Crippen LogP contribution in [0.25, 0.3) is 10.9 Å². The Morgan fingerprint density at radius 3 is 2.60 bits per heavy atom. The third-order valence-electron chi connectivity index (χ3n) is 2.86. The number of hydrogen-bond donors (Lipinski definition) is 1. The van der Waals surface area contributed by atoms with Crippen molar-refractivity contribution in [2.24, 2.45) is 0 Å². The van der Waals surface area contributed by atoms with Crippen LogP contribution in [0.5, 0.6) is 0 Å². The molecule has 0 fully saturated rings. The fraction of sp³-hybridized carbons (Fsp3) is 0.133. The van der Waals surface area contributed by atoms with Crippen LogP contribution < -0.4 is 5.73 Å². The molecular weight excluding hydrogens is 268 g/mol. The summed E-state index contributed by atoms with van der Waals surface area (Å²) >= 11 is 1.52. The number of benzene rings is 1. The van der Waals surface area contributed by atoms with Crippen LogP contribution in [0.3, 0.4) is 0 Å². The Morgan fingerprint density at radius 2 is 1.80 bits per heavy atom. The summed E-state index contributed by atoms with van der Waals surface area (Å²) in [5.74, 6) is 0.288. The van der Waals surface area contributed by atoms with Crippen LogP contribution in [0.15, 0.2) is 46.5 Å². The minimum absolute atomic E-state index is 0.288. The van der Waals surface area contributed by atoms with Crippen molar-refractivity contribution in [2.75, 3.05) is 5.73 Å². The number of nitrogens with zero attached hydrogens (tertiary/aromatic N) is 3. The molecule has 5 heteroatoms. The summed E-state index contributed by atoms with van der Waals surface area (Å²) in [6, 6.07) is 12.0. The van der Waals surface area contributed by atoms with E-state index in [-0.39, 0.29) is 5.95 Å². The van der Waals surface area contributed by atoms with Gasteiger partial charge in [0, 0.05) is 11.1 Å². The second-order valence-electron chi connectivity index (χ2n) is 4.63. The second-order valence-corrected chi connectivity index (χ2v) is 5.64. The average Bonchev–Trinajstić information content (AvgIpc) is 2.37. The molecule has 0 atom stereocenters. The molecule has 3 rings (SSSR count). The van der Waals surface area contributed by atoms with Gasteiger partial charge in [-0.05, 0) is 49.4 Å². The van der Waals surface area contributed by atoms with Gasteiger partial charge in [0.25, 0.3) is 0 Å². The van der Waals surface area contributed by atoms with Crippen molar-refractivity contribution >= 4 is 28.6 Å². The standard InChI is InChI=1S/C15H14N4S/c1-9-7-10(2)17-13(8-9)20-14-11-5-3-4-6-12(11)18-15(16)19-14/h3-8H,1-2H3,(H2,16,18,19). The van der Waals surface area contributed by atoms with E-state index in [1.165, 1.54) is 17.3 Å². The van der Waals surface area contributed by atoms with Crippen molar-refractivity contribution in [3.8, 4) is 0 Å². The van der Waals surface area contributed by atoms with E-state index in [1.54, 1.807) is 0 Å². The minimum atomic E-state index is 0.288. The number of pyridine rings is 1. The van der Waals surface area contributed by atoms with Crippen molar-refractivity contribution < 1.29 is 0 Å². The SMILES string of the molecule is Cc1cc(C)nc(Sc2nc(N)nc3ccccc23)c1. The monoisotopic (exact) mass is 282 g/mol. The molecule has 0 aliphatic carbocycles. The molecule has 0 saturated carbocycles. The fourth-order valence-electron chi connectivity index (χ4n) is 2.10. The highest BCUT2D eigenvalue weighted by Gasteiger charge is 2.09. The zero-order chi connectivity index (χ0) is 14.1. The molecule has 0 bridgehead atoms. The molecule has 4 nitrogen and oxygen atoms in total.